The molecular formula is C9H15NO. The molecule has 0 aromatic carbocycles. The predicted octanol–water partition coefficient (Wildman–Crippen LogP) is 1.27. The van der Waals surface area contributed by atoms with E-state index < -0.39 is 0 Å². The molecule has 0 saturated heterocycles. The topological polar surface area (TPSA) is 20.3 Å². The standard InChI is InChI=1S/C9H15NO/c1-4-7-8-9(11)10(5-2)6-3/h5-6,8H2,1-3H3. The van der Waals surface area contributed by atoms with E-state index in [2.05, 4.69) is 11.8 Å². The Hall–Kier alpha value is -0.970. The third-order valence-electron chi connectivity index (χ3n) is 1.53. The molecule has 0 heterocycles. The highest BCUT2D eigenvalue weighted by Crippen LogP contribution is 1.91. The van der Waals surface area contributed by atoms with Crippen molar-refractivity contribution in [1.29, 1.82) is 0 Å². The Morgan fingerprint density at radius 1 is 1.36 bits per heavy atom. The first kappa shape index (κ1) is 10.0. The van der Waals surface area contributed by atoms with Crippen LogP contribution in [0.15, 0.2) is 0 Å². The van der Waals surface area contributed by atoms with Crippen molar-refractivity contribution in [2.45, 2.75) is 27.2 Å². The lowest BCUT2D eigenvalue weighted by molar-refractivity contribution is -0.129. The quantitative estimate of drug-likeness (QED) is 0.559. The van der Waals surface area contributed by atoms with Gasteiger partial charge in [0.1, 0.15) is 0 Å². The maximum Gasteiger partial charge on any atom is 0.234 e. The molecule has 0 spiro atoms. The minimum atomic E-state index is 0.129. The first-order valence-corrected chi connectivity index (χ1v) is 3.93. The summed E-state index contributed by atoms with van der Waals surface area (Å²) < 4.78 is 0. The van der Waals surface area contributed by atoms with Gasteiger partial charge in [-0.3, -0.25) is 4.79 Å². The normalized spacial score (nSPS) is 8.27. The van der Waals surface area contributed by atoms with Crippen molar-refractivity contribution in [2.75, 3.05) is 13.1 Å². The molecule has 0 N–H and O–H groups in total. The summed E-state index contributed by atoms with van der Waals surface area (Å²) in [5.41, 5.74) is 0. The van der Waals surface area contributed by atoms with Gasteiger partial charge in [-0.05, 0) is 20.8 Å². The van der Waals surface area contributed by atoms with Gasteiger partial charge in [-0.25, -0.2) is 0 Å². The summed E-state index contributed by atoms with van der Waals surface area (Å²) in [6.07, 6.45) is 0.359. The molecule has 1 amide bonds. The molecule has 0 saturated carbocycles. The molecule has 0 fully saturated rings. The molecule has 0 unspecified atom stereocenters. The van der Waals surface area contributed by atoms with E-state index >= 15 is 0 Å². The summed E-state index contributed by atoms with van der Waals surface area (Å²) >= 11 is 0. The van der Waals surface area contributed by atoms with E-state index in [1.807, 2.05) is 13.8 Å². The number of rotatable bonds is 3. The Balaban J connectivity index is 3.85. The maximum absolute atomic E-state index is 11.2. The summed E-state index contributed by atoms with van der Waals surface area (Å²) in [5, 5.41) is 0. The first-order valence-electron chi connectivity index (χ1n) is 3.93. The average Bonchev–Trinajstić information content (AvgIpc) is 2.03. The van der Waals surface area contributed by atoms with Crippen molar-refractivity contribution in [3.63, 3.8) is 0 Å². The van der Waals surface area contributed by atoms with Crippen LogP contribution in [0.5, 0.6) is 0 Å². The molecule has 0 atom stereocenters. The Morgan fingerprint density at radius 3 is 2.27 bits per heavy atom. The highest BCUT2D eigenvalue weighted by atomic mass is 16.2. The zero-order valence-electron chi connectivity index (χ0n) is 7.48. The zero-order valence-corrected chi connectivity index (χ0v) is 7.48. The van der Waals surface area contributed by atoms with Crippen LogP contribution < -0.4 is 0 Å². The number of hydrogen-bond acceptors (Lipinski definition) is 1. The zero-order chi connectivity index (χ0) is 8.69. The third-order valence-corrected chi connectivity index (χ3v) is 1.53. The van der Waals surface area contributed by atoms with Gasteiger partial charge in [0, 0.05) is 13.1 Å². The predicted molar refractivity (Wildman–Crippen MR) is 46.0 cm³/mol. The van der Waals surface area contributed by atoms with Gasteiger partial charge in [0.2, 0.25) is 5.91 Å². The summed E-state index contributed by atoms with van der Waals surface area (Å²) in [6, 6.07) is 0. The monoisotopic (exact) mass is 153 g/mol. The second kappa shape index (κ2) is 5.79. The first-order chi connectivity index (χ1) is 5.26. The minimum absolute atomic E-state index is 0.129. The van der Waals surface area contributed by atoms with Crippen molar-refractivity contribution in [3.05, 3.63) is 0 Å². The van der Waals surface area contributed by atoms with E-state index in [0.717, 1.165) is 13.1 Å². The fourth-order valence-electron chi connectivity index (χ4n) is 0.852. The fraction of sp³-hybridized carbons (Fsp3) is 0.667. The van der Waals surface area contributed by atoms with Crippen LogP contribution in [-0.4, -0.2) is 23.9 Å². The van der Waals surface area contributed by atoms with E-state index in [0.29, 0.717) is 6.42 Å². The van der Waals surface area contributed by atoms with Crippen LogP contribution in [0.2, 0.25) is 0 Å². The summed E-state index contributed by atoms with van der Waals surface area (Å²) in [6.45, 7) is 7.25. The molecule has 0 bridgehead atoms. The second-order valence-electron chi connectivity index (χ2n) is 2.17. The van der Waals surface area contributed by atoms with Crippen LogP contribution >= 0.6 is 0 Å². The van der Waals surface area contributed by atoms with Crippen molar-refractivity contribution in [1.82, 2.24) is 4.90 Å². The van der Waals surface area contributed by atoms with Crippen molar-refractivity contribution in [3.8, 4) is 11.8 Å². The van der Waals surface area contributed by atoms with Crippen LogP contribution in [-0.2, 0) is 4.79 Å². The van der Waals surface area contributed by atoms with E-state index in [1.54, 1.807) is 11.8 Å². The molecule has 0 aromatic rings. The Bertz CT molecular complexity index is 172. The summed E-state index contributed by atoms with van der Waals surface area (Å²) in [5.74, 6) is 5.59. The molecule has 0 aromatic heterocycles. The summed E-state index contributed by atoms with van der Waals surface area (Å²) in [7, 11) is 0. The number of carbonyl (C=O) groups excluding carboxylic acids is 1. The third kappa shape index (κ3) is 3.67. The van der Waals surface area contributed by atoms with Gasteiger partial charge in [0.05, 0.1) is 6.42 Å². The molecule has 11 heavy (non-hydrogen) atoms. The lowest BCUT2D eigenvalue weighted by Crippen LogP contribution is -2.29. The van der Waals surface area contributed by atoms with Gasteiger partial charge in [0.15, 0.2) is 0 Å². The Labute approximate surface area is 68.6 Å². The number of carbonyl (C=O) groups is 1. The SMILES string of the molecule is CC#CCC(=O)N(CC)CC. The average molecular weight is 153 g/mol. The van der Waals surface area contributed by atoms with Crippen molar-refractivity contribution in [2.24, 2.45) is 0 Å². The van der Waals surface area contributed by atoms with Gasteiger partial charge < -0.3 is 4.90 Å². The minimum Gasteiger partial charge on any atom is -0.342 e. The summed E-state index contributed by atoms with van der Waals surface area (Å²) in [4.78, 5) is 13.0. The van der Waals surface area contributed by atoms with Crippen LogP contribution in [0.4, 0.5) is 0 Å². The molecule has 0 aliphatic carbocycles. The van der Waals surface area contributed by atoms with Crippen LogP contribution in [0.25, 0.3) is 0 Å². The molecule has 0 rings (SSSR count). The molecule has 2 nitrogen and oxygen atoms in total. The van der Waals surface area contributed by atoms with Crippen LogP contribution in [0, 0.1) is 11.8 Å². The molecule has 2 heteroatoms. The van der Waals surface area contributed by atoms with Gasteiger partial charge in [-0.1, -0.05) is 5.92 Å². The Kier molecular flexibility index (Phi) is 5.28. The largest absolute Gasteiger partial charge is 0.342 e. The van der Waals surface area contributed by atoms with E-state index in [-0.39, 0.29) is 5.91 Å². The lowest BCUT2D eigenvalue weighted by Gasteiger charge is -2.16. The molecule has 62 valence electrons. The van der Waals surface area contributed by atoms with Gasteiger partial charge in [-0.2, -0.15) is 0 Å². The molecule has 0 radical (unpaired) electrons. The number of amides is 1. The molecular weight excluding hydrogens is 138 g/mol. The highest BCUT2D eigenvalue weighted by molar-refractivity contribution is 5.78. The van der Waals surface area contributed by atoms with Crippen molar-refractivity contribution < 1.29 is 4.79 Å². The number of nitrogens with zero attached hydrogens (tertiary/aromatic N) is 1. The van der Waals surface area contributed by atoms with Crippen LogP contribution in [0.3, 0.4) is 0 Å². The maximum atomic E-state index is 11.2. The highest BCUT2D eigenvalue weighted by Gasteiger charge is 2.05. The Morgan fingerprint density at radius 2 is 1.91 bits per heavy atom. The number of hydrogen-bond donors (Lipinski definition) is 0. The molecule has 0 aliphatic heterocycles. The van der Waals surface area contributed by atoms with E-state index in [4.69, 9.17) is 0 Å². The van der Waals surface area contributed by atoms with Gasteiger partial charge in [-0.15, -0.1) is 5.92 Å². The molecule has 0 aliphatic rings. The lowest BCUT2D eigenvalue weighted by atomic mass is 10.3. The van der Waals surface area contributed by atoms with E-state index in [1.165, 1.54) is 0 Å². The van der Waals surface area contributed by atoms with Gasteiger partial charge in [0.25, 0.3) is 0 Å². The van der Waals surface area contributed by atoms with Crippen LogP contribution in [0.1, 0.15) is 27.2 Å². The second-order valence-corrected chi connectivity index (χ2v) is 2.17. The fourth-order valence-corrected chi connectivity index (χ4v) is 0.852. The van der Waals surface area contributed by atoms with Crippen molar-refractivity contribution >= 4 is 5.91 Å². The smallest absolute Gasteiger partial charge is 0.234 e. The van der Waals surface area contributed by atoms with E-state index in [9.17, 15) is 4.79 Å². The van der Waals surface area contributed by atoms with Gasteiger partial charge >= 0.3 is 0 Å².